The Balaban J connectivity index is 1.70. The molecule has 3 aromatic rings. The van der Waals surface area contributed by atoms with Crippen molar-refractivity contribution in [3.63, 3.8) is 0 Å². The second-order valence-corrected chi connectivity index (χ2v) is 8.70. The van der Waals surface area contributed by atoms with Gasteiger partial charge in [-0.1, -0.05) is 62.4 Å². The predicted molar refractivity (Wildman–Crippen MR) is 124 cm³/mol. The molecule has 0 saturated carbocycles. The van der Waals surface area contributed by atoms with Crippen molar-refractivity contribution in [1.82, 2.24) is 0 Å². The summed E-state index contributed by atoms with van der Waals surface area (Å²) >= 11 is 0. The highest BCUT2D eigenvalue weighted by Gasteiger charge is 2.62. The smallest absolute Gasteiger partial charge is 0.270 e. The summed E-state index contributed by atoms with van der Waals surface area (Å²) in [5, 5.41) is 18.5. The van der Waals surface area contributed by atoms with E-state index in [1.165, 1.54) is 17.3 Å². The molecule has 2 heterocycles. The van der Waals surface area contributed by atoms with Crippen LogP contribution in [0.5, 0.6) is 0 Å². The van der Waals surface area contributed by atoms with Crippen molar-refractivity contribution in [2.45, 2.75) is 31.3 Å². The first-order valence-electron chi connectivity index (χ1n) is 10.4. The number of anilines is 2. The Morgan fingerprint density at radius 1 is 0.968 bits per heavy atom. The molecule has 2 aliphatic heterocycles. The standard InChI is InChI=1S/C25H24N4O2/c1-24(2)21-14-7-8-15-23(21)27(3)25(24)17-22(18-10-9-13-20(16-18)29(30)31)26-28(25)19-11-5-4-6-12-19/h4-16H,17H2,1-3H3. The third-order valence-electron chi connectivity index (χ3n) is 6.87. The van der Waals surface area contributed by atoms with Gasteiger partial charge in [-0.25, -0.2) is 5.01 Å². The van der Waals surface area contributed by atoms with Crippen molar-refractivity contribution in [1.29, 1.82) is 0 Å². The number of para-hydroxylation sites is 2. The van der Waals surface area contributed by atoms with Crippen LogP contribution in [0.25, 0.3) is 0 Å². The lowest BCUT2D eigenvalue weighted by Gasteiger charge is -2.48. The van der Waals surface area contributed by atoms with Gasteiger partial charge in [0.05, 0.1) is 16.3 Å². The fourth-order valence-electron chi connectivity index (χ4n) is 5.22. The van der Waals surface area contributed by atoms with Gasteiger partial charge in [-0.15, -0.1) is 0 Å². The number of hydrogen-bond donors (Lipinski definition) is 0. The molecule has 0 aliphatic carbocycles. The summed E-state index contributed by atoms with van der Waals surface area (Å²) in [6, 6.07) is 25.4. The van der Waals surface area contributed by atoms with Crippen molar-refractivity contribution in [2.75, 3.05) is 17.0 Å². The van der Waals surface area contributed by atoms with Gasteiger partial charge in [0, 0.05) is 42.3 Å². The number of benzene rings is 3. The van der Waals surface area contributed by atoms with Gasteiger partial charge in [0.25, 0.3) is 5.69 Å². The lowest BCUT2D eigenvalue weighted by molar-refractivity contribution is -0.384. The molecule has 1 unspecified atom stereocenters. The molecule has 0 N–H and O–H groups in total. The summed E-state index contributed by atoms with van der Waals surface area (Å²) in [5.41, 5.74) is 4.44. The summed E-state index contributed by atoms with van der Waals surface area (Å²) in [5.74, 6) is 0. The van der Waals surface area contributed by atoms with E-state index in [4.69, 9.17) is 5.10 Å². The van der Waals surface area contributed by atoms with E-state index in [9.17, 15) is 10.1 Å². The third kappa shape index (κ3) is 2.61. The van der Waals surface area contributed by atoms with Crippen LogP contribution in [0, 0.1) is 10.1 Å². The summed E-state index contributed by atoms with van der Waals surface area (Å²) in [6.45, 7) is 4.52. The van der Waals surface area contributed by atoms with E-state index in [0.717, 1.165) is 17.0 Å². The van der Waals surface area contributed by atoms with Crippen LogP contribution in [-0.2, 0) is 5.41 Å². The molecule has 1 atom stereocenters. The lowest BCUT2D eigenvalue weighted by Crippen LogP contribution is -2.62. The average molecular weight is 412 g/mol. The van der Waals surface area contributed by atoms with Gasteiger partial charge in [-0.2, -0.15) is 5.10 Å². The number of hydrazone groups is 1. The van der Waals surface area contributed by atoms with Crippen LogP contribution in [0.1, 0.15) is 31.4 Å². The summed E-state index contributed by atoms with van der Waals surface area (Å²) in [7, 11) is 2.12. The molecule has 0 saturated heterocycles. The number of fused-ring (bicyclic) bond motifs is 1. The van der Waals surface area contributed by atoms with Crippen molar-refractivity contribution < 1.29 is 4.92 Å². The summed E-state index contributed by atoms with van der Waals surface area (Å²) in [6.07, 6.45) is 0.640. The van der Waals surface area contributed by atoms with Gasteiger partial charge in [-0.05, 0) is 23.8 Å². The van der Waals surface area contributed by atoms with Crippen LogP contribution in [0.2, 0.25) is 0 Å². The van der Waals surface area contributed by atoms with Gasteiger partial charge in [-0.3, -0.25) is 10.1 Å². The van der Waals surface area contributed by atoms with E-state index in [1.54, 1.807) is 12.1 Å². The van der Waals surface area contributed by atoms with Gasteiger partial charge in [0.2, 0.25) is 0 Å². The maximum Gasteiger partial charge on any atom is 0.270 e. The van der Waals surface area contributed by atoms with Crippen molar-refractivity contribution in [2.24, 2.45) is 5.10 Å². The van der Waals surface area contributed by atoms with Crippen molar-refractivity contribution in [3.05, 3.63) is 100 Å². The molecular formula is C25H24N4O2. The van der Waals surface area contributed by atoms with E-state index in [0.29, 0.717) is 6.42 Å². The maximum absolute atomic E-state index is 11.4. The Hall–Kier alpha value is -3.67. The van der Waals surface area contributed by atoms with Crippen LogP contribution >= 0.6 is 0 Å². The predicted octanol–water partition coefficient (Wildman–Crippen LogP) is 5.33. The van der Waals surface area contributed by atoms with Gasteiger partial charge < -0.3 is 4.90 Å². The van der Waals surface area contributed by atoms with Crippen LogP contribution < -0.4 is 9.91 Å². The highest BCUT2D eigenvalue weighted by molar-refractivity contribution is 6.05. The first kappa shape index (κ1) is 19.3. The molecule has 2 aliphatic rings. The second-order valence-electron chi connectivity index (χ2n) is 8.70. The van der Waals surface area contributed by atoms with E-state index in [-0.39, 0.29) is 16.0 Å². The van der Waals surface area contributed by atoms with Crippen LogP contribution in [0.4, 0.5) is 17.1 Å². The quantitative estimate of drug-likeness (QED) is 0.431. The van der Waals surface area contributed by atoms with Crippen LogP contribution in [-0.4, -0.2) is 23.3 Å². The molecule has 6 heteroatoms. The fraction of sp³-hybridized carbons (Fsp3) is 0.240. The highest BCUT2D eigenvalue weighted by Crippen LogP contribution is 2.57. The maximum atomic E-state index is 11.4. The number of nitro groups is 1. The average Bonchev–Trinajstić information content (AvgIpc) is 3.28. The zero-order valence-corrected chi connectivity index (χ0v) is 17.8. The minimum atomic E-state index is -0.474. The van der Waals surface area contributed by atoms with Crippen molar-refractivity contribution in [3.8, 4) is 0 Å². The Kier molecular flexibility index (Phi) is 4.15. The first-order chi connectivity index (χ1) is 14.9. The van der Waals surface area contributed by atoms with Gasteiger partial charge >= 0.3 is 0 Å². The second kappa shape index (κ2) is 6.67. The van der Waals surface area contributed by atoms with Gasteiger partial charge in [0.1, 0.15) is 5.66 Å². The molecule has 0 radical (unpaired) electrons. The molecule has 0 bridgehead atoms. The molecule has 3 aromatic carbocycles. The summed E-state index contributed by atoms with van der Waals surface area (Å²) < 4.78 is 0. The Labute approximate surface area is 181 Å². The molecule has 6 nitrogen and oxygen atoms in total. The number of nitrogens with zero attached hydrogens (tertiary/aromatic N) is 4. The zero-order chi connectivity index (χ0) is 21.8. The van der Waals surface area contributed by atoms with E-state index >= 15 is 0 Å². The monoisotopic (exact) mass is 412 g/mol. The van der Waals surface area contributed by atoms with Crippen molar-refractivity contribution >= 4 is 22.8 Å². The molecule has 0 fully saturated rings. The number of hydrogen-bond acceptors (Lipinski definition) is 5. The zero-order valence-electron chi connectivity index (χ0n) is 17.8. The van der Waals surface area contributed by atoms with E-state index < -0.39 is 5.66 Å². The highest BCUT2D eigenvalue weighted by atomic mass is 16.6. The summed E-state index contributed by atoms with van der Waals surface area (Å²) in [4.78, 5) is 13.3. The molecule has 31 heavy (non-hydrogen) atoms. The first-order valence-corrected chi connectivity index (χ1v) is 10.4. The number of nitro benzene ring substituents is 1. The van der Waals surface area contributed by atoms with E-state index in [1.807, 2.05) is 24.3 Å². The molecule has 0 aromatic heterocycles. The third-order valence-corrected chi connectivity index (χ3v) is 6.87. The van der Waals surface area contributed by atoms with E-state index in [2.05, 4.69) is 67.2 Å². The largest absolute Gasteiger partial charge is 0.349 e. The van der Waals surface area contributed by atoms with Crippen LogP contribution in [0.3, 0.4) is 0 Å². The van der Waals surface area contributed by atoms with Gasteiger partial charge in [0.15, 0.2) is 0 Å². The normalized spacial score (nSPS) is 21.3. The Morgan fingerprint density at radius 3 is 2.39 bits per heavy atom. The number of likely N-dealkylation sites (N-methyl/N-ethyl adjacent to an activating group) is 1. The van der Waals surface area contributed by atoms with Crippen LogP contribution in [0.15, 0.2) is 84.0 Å². The number of non-ortho nitro benzene ring substituents is 1. The Morgan fingerprint density at radius 2 is 1.68 bits per heavy atom. The lowest BCUT2D eigenvalue weighted by atomic mass is 9.73. The minimum absolute atomic E-state index is 0.0785. The minimum Gasteiger partial charge on any atom is -0.349 e. The Bertz CT molecular complexity index is 1200. The SMILES string of the molecule is CN1c2ccccc2C(C)(C)C12CC(c1cccc([N+](=O)[O-])c1)=NN2c1ccccc1. The molecular weight excluding hydrogens is 388 g/mol. The molecule has 1 spiro atoms. The topological polar surface area (TPSA) is 62.0 Å². The molecule has 0 amide bonds. The molecule has 156 valence electrons. The number of rotatable bonds is 3. The fourth-order valence-corrected chi connectivity index (χ4v) is 5.22. The molecule has 5 rings (SSSR count).